The van der Waals surface area contributed by atoms with Gasteiger partial charge in [-0.25, -0.2) is 12.8 Å². The molecule has 0 bridgehead atoms. The largest absolute Gasteiger partial charge is 0.349 e. The molecule has 130 valence electrons. The first-order chi connectivity index (χ1) is 10.7. The number of nitrogens with zero attached hydrogens (tertiary/aromatic N) is 2. The molecule has 3 atom stereocenters. The van der Waals surface area contributed by atoms with Gasteiger partial charge < -0.3 is 9.80 Å². The maximum absolute atomic E-state index is 13.0. The van der Waals surface area contributed by atoms with Crippen LogP contribution in [0.5, 0.6) is 0 Å². The third-order valence-corrected chi connectivity index (χ3v) is 7.73. The van der Waals surface area contributed by atoms with E-state index in [0.717, 1.165) is 0 Å². The van der Waals surface area contributed by atoms with Gasteiger partial charge in [0.15, 0.2) is 9.84 Å². The summed E-state index contributed by atoms with van der Waals surface area (Å²) in [6.07, 6.45) is -0.131. The molecule has 1 aliphatic carbocycles. The van der Waals surface area contributed by atoms with Gasteiger partial charge in [-0.15, -0.1) is 0 Å². The van der Waals surface area contributed by atoms with Crippen LogP contribution in [0.15, 0.2) is 0 Å². The lowest BCUT2D eigenvalue weighted by molar-refractivity contribution is -0.140. The van der Waals surface area contributed by atoms with Crippen molar-refractivity contribution in [2.75, 3.05) is 32.9 Å². The van der Waals surface area contributed by atoms with Crippen LogP contribution in [0.25, 0.3) is 0 Å². The quantitative estimate of drug-likeness (QED) is 0.710. The van der Waals surface area contributed by atoms with Gasteiger partial charge in [-0.3, -0.25) is 9.59 Å². The fourth-order valence-electron chi connectivity index (χ4n) is 4.05. The van der Waals surface area contributed by atoms with Gasteiger partial charge in [-0.2, -0.15) is 0 Å². The Morgan fingerprint density at radius 3 is 2.39 bits per heavy atom. The summed E-state index contributed by atoms with van der Waals surface area (Å²) in [6.45, 7) is 0.441. The molecule has 0 aromatic rings. The van der Waals surface area contributed by atoms with Crippen LogP contribution in [-0.2, 0) is 19.4 Å². The zero-order valence-corrected chi connectivity index (χ0v) is 14.3. The molecule has 2 heterocycles. The van der Waals surface area contributed by atoms with Crippen molar-refractivity contribution in [2.24, 2.45) is 17.8 Å². The Morgan fingerprint density at radius 1 is 1.17 bits per heavy atom. The molecular weight excluding hydrogens is 323 g/mol. The maximum atomic E-state index is 13.0. The number of carbonyl (C=O) groups excluding carboxylic acids is 2. The molecule has 2 saturated heterocycles. The van der Waals surface area contributed by atoms with E-state index < -0.39 is 21.3 Å². The second-order valence-electron chi connectivity index (χ2n) is 7.21. The van der Waals surface area contributed by atoms with Gasteiger partial charge >= 0.3 is 0 Å². The fraction of sp³-hybridized carbons (Fsp3) is 0.867. The number of fused-ring (bicyclic) bond motifs is 1. The van der Waals surface area contributed by atoms with Crippen molar-refractivity contribution in [1.29, 1.82) is 0 Å². The fourth-order valence-corrected chi connectivity index (χ4v) is 6.15. The highest BCUT2D eigenvalue weighted by Crippen LogP contribution is 2.40. The number of hydrogen-bond acceptors (Lipinski definition) is 4. The van der Waals surface area contributed by atoms with Gasteiger partial charge in [0, 0.05) is 44.9 Å². The molecular formula is C15H23FN2O4S. The van der Waals surface area contributed by atoms with Crippen LogP contribution in [0.4, 0.5) is 4.39 Å². The van der Waals surface area contributed by atoms with Gasteiger partial charge in [0.05, 0.1) is 11.0 Å². The van der Waals surface area contributed by atoms with Crippen LogP contribution in [-0.4, -0.2) is 74.4 Å². The number of rotatable bonds is 2. The van der Waals surface area contributed by atoms with Crippen molar-refractivity contribution in [3.05, 3.63) is 0 Å². The van der Waals surface area contributed by atoms with Crippen molar-refractivity contribution in [1.82, 2.24) is 9.80 Å². The summed E-state index contributed by atoms with van der Waals surface area (Å²) < 4.78 is 37.7. The van der Waals surface area contributed by atoms with Crippen LogP contribution in [0, 0.1) is 17.8 Å². The van der Waals surface area contributed by atoms with E-state index in [4.69, 9.17) is 0 Å². The van der Waals surface area contributed by atoms with E-state index in [1.54, 1.807) is 19.0 Å². The first kappa shape index (κ1) is 16.7. The second-order valence-corrected chi connectivity index (χ2v) is 9.55. The minimum absolute atomic E-state index is 0.00355. The van der Waals surface area contributed by atoms with Gasteiger partial charge in [-0.1, -0.05) is 0 Å². The average Bonchev–Trinajstić information content (AvgIpc) is 2.89. The van der Waals surface area contributed by atoms with Gasteiger partial charge in [-0.05, 0) is 19.3 Å². The van der Waals surface area contributed by atoms with Crippen LogP contribution in [0.3, 0.4) is 0 Å². The van der Waals surface area contributed by atoms with Crippen LogP contribution in [0.1, 0.15) is 19.3 Å². The maximum Gasteiger partial charge on any atom is 0.225 e. The highest BCUT2D eigenvalue weighted by atomic mass is 32.2. The van der Waals surface area contributed by atoms with Crippen molar-refractivity contribution < 1.29 is 22.4 Å². The van der Waals surface area contributed by atoms with Crippen molar-refractivity contribution >= 4 is 21.7 Å². The normalized spacial score (nSPS) is 38.6. The lowest BCUT2D eigenvalue weighted by Crippen LogP contribution is -2.46. The lowest BCUT2D eigenvalue weighted by Gasteiger charge is -2.33. The summed E-state index contributed by atoms with van der Waals surface area (Å²) >= 11 is 0. The molecule has 2 aliphatic heterocycles. The molecule has 0 aromatic heterocycles. The Morgan fingerprint density at radius 2 is 1.83 bits per heavy atom. The lowest BCUT2D eigenvalue weighted by atomic mass is 9.82. The standard InChI is InChI=1S/C15H23FN2O4S/c1-17(2)15(20)11-3-4-23(21,22)13-8-18(7-12(11)13)14(19)9-5-10(16)6-9/h9-13H,3-8H2,1-2H3/t9?,10?,11-,12+,13+/m0/s1. The zero-order valence-electron chi connectivity index (χ0n) is 13.4. The van der Waals surface area contributed by atoms with Crippen molar-refractivity contribution in [2.45, 2.75) is 30.7 Å². The summed E-state index contributed by atoms with van der Waals surface area (Å²) in [5, 5.41) is -0.657. The molecule has 2 amide bonds. The molecule has 0 radical (unpaired) electrons. The summed E-state index contributed by atoms with van der Waals surface area (Å²) in [5.41, 5.74) is 0. The third-order valence-electron chi connectivity index (χ3n) is 5.50. The van der Waals surface area contributed by atoms with Gasteiger partial charge in [0.25, 0.3) is 0 Å². The van der Waals surface area contributed by atoms with Gasteiger partial charge in [0.1, 0.15) is 6.17 Å². The Kier molecular flexibility index (Phi) is 4.14. The topological polar surface area (TPSA) is 74.8 Å². The predicted octanol–water partition coefficient (Wildman–Crippen LogP) is 0.0844. The average molecular weight is 346 g/mol. The molecule has 0 spiro atoms. The Balaban J connectivity index is 1.78. The molecule has 0 aromatic carbocycles. The number of carbonyl (C=O) groups is 2. The van der Waals surface area contributed by atoms with E-state index in [1.165, 1.54) is 4.90 Å². The third kappa shape index (κ3) is 2.86. The predicted molar refractivity (Wildman–Crippen MR) is 82.1 cm³/mol. The van der Waals surface area contributed by atoms with Crippen LogP contribution < -0.4 is 0 Å². The number of halogens is 1. The Labute approximate surface area is 135 Å². The second kappa shape index (κ2) is 5.72. The number of hydrogen-bond donors (Lipinski definition) is 0. The molecule has 1 saturated carbocycles. The number of alkyl halides is 1. The molecule has 3 rings (SSSR count). The summed E-state index contributed by atoms with van der Waals surface area (Å²) in [4.78, 5) is 27.8. The molecule has 6 nitrogen and oxygen atoms in total. The zero-order chi connectivity index (χ0) is 16.9. The van der Waals surface area contributed by atoms with Crippen LogP contribution >= 0.6 is 0 Å². The van der Waals surface area contributed by atoms with E-state index >= 15 is 0 Å². The van der Waals surface area contributed by atoms with Crippen molar-refractivity contribution in [3.8, 4) is 0 Å². The molecule has 0 N–H and O–H groups in total. The summed E-state index contributed by atoms with van der Waals surface area (Å²) in [7, 11) is 0.0388. The first-order valence-electron chi connectivity index (χ1n) is 8.06. The Bertz CT molecular complexity index is 615. The summed E-state index contributed by atoms with van der Waals surface area (Å²) in [6, 6.07) is 0. The van der Waals surface area contributed by atoms with E-state index in [-0.39, 0.29) is 54.7 Å². The van der Waals surface area contributed by atoms with E-state index in [9.17, 15) is 22.4 Å². The number of amides is 2. The van der Waals surface area contributed by atoms with Gasteiger partial charge in [0.2, 0.25) is 11.8 Å². The molecule has 0 unspecified atom stereocenters. The first-order valence-corrected chi connectivity index (χ1v) is 9.78. The Hall–Kier alpha value is -1.18. The van der Waals surface area contributed by atoms with E-state index in [2.05, 4.69) is 0 Å². The summed E-state index contributed by atoms with van der Waals surface area (Å²) in [5.74, 6) is -1.25. The van der Waals surface area contributed by atoms with Crippen molar-refractivity contribution in [3.63, 3.8) is 0 Å². The molecule has 3 fully saturated rings. The highest BCUT2D eigenvalue weighted by Gasteiger charge is 2.52. The van der Waals surface area contributed by atoms with E-state index in [1.807, 2.05) is 0 Å². The monoisotopic (exact) mass is 346 g/mol. The SMILES string of the molecule is CN(C)C(=O)[C@H]1CCS(=O)(=O)[C@@H]2CN(C(=O)C3CC(F)C3)C[C@H]12. The minimum atomic E-state index is -3.28. The van der Waals surface area contributed by atoms with Crippen LogP contribution in [0.2, 0.25) is 0 Å². The molecule has 3 aliphatic rings. The molecule has 8 heteroatoms. The van der Waals surface area contributed by atoms with E-state index in [0.29, 0.717) is 13.0 Å². The number of sulfone groups is 1. The molecule has 23 heavy (non-hydrogen) atoms. The minimum Gasteiger partial charge on any atom is -0.349 e. The highest BCUT2D eigenvalue weighted by molar-refractivity contribution is 7.92. The number of likely N-dealkylation sites (tertiary alicyclic amines) is 1. The smallest absolute Gasteiger partial charge is 0.225 e.